The van der Waals surface area contributed by atoms with Crippen LogP contribution in [0.15, 0.2) is 24.3 Å². The second-order valence-electron chi connectivity index (χ2n) is 4.78. The average Bonchev–Trinajstić information content (AvgIpc) is 2.38. The van der Waals surface area contributed by atoms with Crippen LogP contribution in [0.1, 0.15) is 24.9 Å². The molecule has 0 saturated carbocycles. The van der Waals surface area contributed by atoms with Crippen molar-refractivity contribution in [2.45, 2.75) is 25.5 Å². The van der Waals surface area contributed by atoms with Crippen LogP contribution in [0, 0.1) is 5.82 Å². The van der Waals surface area contributed by atoms with Gasteiger partial charge in [0.05, 0.1) is 19.1 Å². The number of morpholine rings is 1. The lowest BCUT2D eigenvalue weighted by Crippen LogP contribution is -2.44. The van der Waals surface area contributed by atoms with Gasteiger partial charge in [0.15, 0.2) is 0 Å². The predicted molar refractivity (Wildman–Crippen MR) is 68.4 cm³/mol. The fourth-order valence-corrected chi connectivity index (χ4v) is 2.42. The molecule has 0 aromatic heterocycles. The van der Waals surface area contributed by atoms with E-state index >= 15 is 0 Å². The van der Waals surface area contributed by atoms with E-state index in [1.807, 2.05) is 13.0 Å². The van der Waals surface area contributed by atoms with E-state index in [0.717, 1.165) is 0 Å². The molecule has 104 valence electrons. The van der Waals surface area contributed by atoms with Crippen molar-refractivity contribution in [3.63, 3.8) is 0 Å². The summed E-state index contributed by atoms with van der Waals surface area (Å²) in [6.45, 7) is 3.62. The molecular weight excluding hydrogens is 249 g/mol. The largest absolute Gasteiger partial charge is 0.481 e. The second-order valence-corrected chi connectivity index (χ2v) is 4.78. The highest BCUT2D eigenvalue weighted by Gasteiger charge is 2.27. The first-order chi connectivity index (χ1) is 9.08. The minimum atomic E-state index is -0.870. The summed E-state index contributed by atoms with van der Waals surface area (Å²) >= 11 is 0. The van der Waals surface area contributed by atoms with Crippen molar-refractivity contribution in [2.24, 2.45) is 0 Å². The summed E-state index contributed by atoms with van der Waals surface area (Å²) in [5.74, 6) is -1.10. The Kier molecular flexibility index (Phi) is 4.50. The van der Waals surface area contributed by atoms with Gasteiger partial charge in [0.1, 0.15) is 5.82 Å². The summed E-state index contributed by atoms with van der Waals surface area (Å²) in [6.07, 6.45) is -0.332. The number of benzene rings is 1. The zero-order valence-corrected chi connectivity index (χ0v) is 10.9. The molecule has 0 amide bonds. The Morgan fingerprint density at radius 3 is 3.00 bits per heavy atom. The molecule has 19 heavy (non-hydrogen) atoms. The number of rotatable bonds is 4. The molecule has 0 aliphatic carbocycles. The Morgan fingerprint density at radius 2 is 2.32 bits per heavy atom. The van der Waals surface area contributed by atoms with E-state index in [0.29, 0.717) is 25.3 Å². The second kappa shape index (κ2) is 6.12. The maximum atomic E-state index is 13.8. The molecule has 1 fully saturated rings. The molecule has 5 heteroatoms. The molecule has 1 saturated heterocycles. The third kappa shape index (κ3) is 3.52. The summed E-state index contributed by atoms with van der Waals surface area (Å²) in [4.78, 5) is 12.8. The van der Waals surface area contributed by atoms with Crippen molar-refractivity contribution < 1.29 is 19.0 Å². The lowest BCUT2D eigenvalue weighted by atomic mass is 10.0. The molecule has 4 nitrogen and oxygen atoms in total. The van der Waals surface area contributed by atoms with Gasteiger partial charge in [-0.05, 0) is 13.0 Å². The molecule has 0 spiro atoms. The quantitative estimate of drug-likeness (QED) is 0.907. The fourth-order valence-electron chi connectivity index (χ4n) is 2.42. The topological polar surface area (TPSA) is 49.8 Å². The lowest BCUT2D eigenvalue weighted by molar-refractivity contribution is -0.142. The van der Waals surface area contributed by atoms with Crippen LogP contribution in [0.25, 0.3) is 0 Å². The number of hydrogen-bond acceptors (Lipinski definition) is 3. The van der Waals surface area contributed by atoms with E-state index in [2.05, 4.69) is 4.90 Å². The Morgan fingerprint density at radius 1 is 1.58 bits per heavy atom. The van der Waals surface area contributed by atoms with Gasteiger partial charge in [0.25, 0.3) is 0 Å². The summed E-state index contributed by atoms with van der Waals surface area (Å²) in [7, 11) is 0. The normalized spacial score (nSPS) is 22.1. The number of carboxylic acids is 1. The number of hydrogen-bond donors (Lipinski definition) is 1. The molecule has 1 heterocycles. The van der Waals surface area contributed by atoms with Crippen LogP contribution in [0.2, 0.25) is 0 Å². The van der Waals surface area contributed by atoms with Gasteiger partial charge in [-0.2, -0.15) is 0 Å². The van der Waals surface area contributed by atoms with E-state index in [1.54, 1.807) is 12.1 Å². The SMILES string of the molecule is CC(c1ccccc1F)N1CCOC(CC(=O)O)C1. The van der Waals surface area contributed by atoms with Crippen molar-refractivity contribution >= 4 is 5.97 Å². The fraction of sp³-hybridized carbons (Fsp3) is 0.500. The van der Waals surface area contributed by atoms with E-state index in [-0.39, 0.29) is 24.4 Å². The van der Waals surface area contributed by atoms with Gasteiger partial charge in [-0.3, -0.25) is 9.69 Å². The first-order valence-electron chi connectivity index (χ1n) is 6.40. The Balaban J connectivity index is 2.05. The number of ether oxygens (including phenoxy) is 1. The van der Waals surface area contributed by atoms with Gasteiger partial charge in [-0.25, -0.2) is 4.39 Å². The predicted octanol–water partition coefficient (Wildman–Crippen LogP) is 2.06. The molecule has 1 aliphatic heterocycles. The van der Waals surface area contributed by atoms with Crippen LogP contribution in [-0.2, 0) is 9.53 Å². The molecule has 1 aromatic carbocycles. The minimum absolute atomic E-state index is 0.0134. The first kappa shape index (κ1) is 14.0. The smallest absolute Gasteiger partial charge is 0.306 e. The number of carbonyl (C=O) groups is 1. The molecule has 1 aromatic rings. The number of nitrogens with zero attached hydrogens (tertiary/aromatic N) is 1. The summed E-state index contributed by atoms with van der Waals surface area (Å²) in [5, 5.41) is 8.79. The Labute approximate surface area is 111 Å². The van der Waals surface area contributed by atoms with Crippen molar-refractivity contribution in [1.82, 2.24) is 4.90 Å². The summed E-state index contributed by atoms with van der Waals surface area (Å²) < 4.78 is 19.2. The maximum Gasteiger partial charge on any atom is 0.306 e. The zero-order chi connectivity index (χ0) is 13.8. The van der Waals surface area contributed by atoms with Crippen molar-refractivity contribution in [3.8, 4) is 0 Å². The summed E-state index contributed by atoms with van der Waals surface area (Å²) in [6, 6.07) is 6.60. The highest BCUT2D eigenvalue weighted by molar-refractivity contribution is 5.67. The summed E-state index contributed by atoms with van der Waals surface area (Å²) in [5.41, 5.74) is 0.637. The third-order valence-corrected chi connectivity index (χ3v) is 3.48. The molecule has 1 N–H and O–H groups in total. The van der Waals surface area contributed by atoms with Crippen LogP contribution in [0.5, 0.6) is 0 Å². The van der Waals surface area contributed by atoms with E-state index in [1.165, 1.54) is 6.07 Å². The van der Waals surface area contributed by atoms with E-state index < -0.39 is 5.97 Å². The van der Waals surface area contributed by atoms with Crippen LogP contribution >= 0.6 is 0 Å². The highest BCUT2D eigenvalue weighted by Crippen LogP contribution is 2.25. The highest BCUT2D eigenvalue weighted by atomic mass is 19.1. The molecule has 2 unspecified atom stereocenters. The van der Waals surface area contributed by atoms with Crippen molar-refractivity contribution in [1.29, 1.82) is 0 Å². The number of aliphatic carboxylic acids is 1. The molecule has 1 aliphatic rings. The number of halogens is 1. The standard InChI is InChI=1S/C14H18FNO3/c1-10(12-4-2-3-5-13(12)15)16-6-7-19-11(9-16)8-14(17)18/h2-5,10-11H,6-9H2,1H3,(H,17,18). The maximum absolute atomic E-state index is 13.8. The monoisotopic (exact) mass is 267 g/mol. The van der Waals surface area contributed by atoms with Crippen LogP contribution in [0.3, 0.4) is 0 Å². The Bertz CT molecular complexity index is 452. The van der Waals surface area contributed by atoms with Gasteiger partial charge < -0.3 is 9.84 Å². The Hall–Kier alpha value is -1.46. The molecule has 0 radical (unpaired) electrons. The molecular formula is C14H18FNO3. The van der Waals surface area contributed by atoms with Gasteiger partial charge >= 0.3 is 5.97 Å². The van der Waals surface area contributed by atoms with Crippen molar-refractivity contribution in [2.75, 3.05) is 19.7 Å². The van der Waals surface area contributed by atoms with Crippen LogP contribution < -0.4 is 0 Å². The van der Waals surface area contributed by atoms with E-state index in [9.17, 15) is 9.18 Å². The van der Waals surface area contributed by atoms with E-state index in [4.69, 9.17) is 9.84 Å². The van der Waals surface area contributed by atoms with Crippen LogP contribution in [-0.4, -0.2) is 41.8 Å². The minimum Gasteiger partial charge on any atom is -0.481 e. The van der Waals surface area contributed by atoms with Gasteiger partial charge in [-0.1, -0.05) is 18.2 Å². The third-order valence-electron chi connectivity index (χ3n) is 3.48. The van der Waals surface area contributed by atoms with Gasteiger partial charge in [-0.15, -0.1) is 0 Å². The molecule has 0 bridgehead atoms. The average molecular weight is 267 g/mol. The molecule has 2 atom stereocenters. The van der Waals surface area contributed by atoms with Gasteiger partial charge in [0.2, 0.25) is 0 Å². The van der Waals surface area contributed by atoms with Crippen LogP contribution in [0.4, 0.5) is 4.39 Å². The first-order valence-corrected chi connectivity index (χ1v) is 6.40. The lowest BCUT2D eigenvalue weighted by Gasteiger charge is -2.36. The zero-order valence-electron chi connectivity index (χ0n) is 10.9. The van der Waals surface area contributed by atoms with Crippen molar-refractivity contribution in [3.05, 3.63) is 35.6 Å². The number of carboxylic acid groups (broad SMARTS) is 1. The molecule has 2 rings (SSSR count). The van der Waals surface area contributed by atoms with Gasteiger partial charge in [0, 0.05) is 24.7 Å².